The van der Waals surface area contributed by atoms with Crippen LogP contribution in [0.15, 0.2) is 18.2 Å². The van der Waals surface area contributed by atoms with Crippen LogP contribution in [-0.4, -0.2) is 25.0 Å². The maximum atomic E-state index is 12.5. The molecule has 2 rings (SSSR count). The van der Waals surface area contributed by atoms with Gasteiger partial charge in [0.1, 0.15) is 0 Å². The second kappa shape index (κ2) is 6.89. The van der Waals surface area contributed by atoms with Crippen LogP contribution in [0.25, 0.3) is 0 Å². The predicted octanol–water partition coefficient (Wildman–Crippen LogP) is 2.09. The van der Waals surface area contributed by atoms with Crippen molar-refractivity contribution in [2.45, 2.75) is 52.5 Å². The molecule has 0 spiro atoms. The van der Waals surface area contributed by atoms with Crippen molar-refractivity contribution in [3.63, 3.8) is 0 Å². The van der Waals surface area contributed by atoms with Crippen molar-refractivity contribution < 1.29 is 9.69 Å². The van der Waals surface area contributed by atoms with Crippen LogP contribution < -0.4 is 10.2 Å². The average molecular weight is 275 g/mol. The smallest absolute Gasteiger partial charge is 0.282 e. The summed E-state index contributed by atoms with van der Waals surface area (Å²) < 4.78 is 0. The number of carbonyl (C=O) groups is 1. The molecule has 0 bridgehead atoms. The maximum Gasteiger partial charge on any atom is 0.282 e. The second-order valence-electron chi connectivity index (χ2n) is 6.05. The van der Waals surface area contributed by atoms with E-state index in [2.05, 4.69) is 12.2 Å². The maximum absolute atomic E-state index is 12.5. The molecule has 1 saturated heterocycles. The quantitative estimate of drug-likeness (QED) is 0.870. The molecule has 0 aliphatic carbocycles. The molecular formula is C17H27N2O+. The molecule has 0 radical (unpaired) electrons. The first-order valence-electron chi connectivity index (χ1n) is 7.81. The van der Waals surface area contributed by atoms with Crippen LogP contribution in [0.5, 0.6) is 0 Å². The van der Waals surface area contributed by atoms with Crippen molar-refractivity contribution in [1.82, 2.24) is 0 Å². The average Bonchev–Trinajstić information content (AvgIpc) is 2.71. The molecular weight excluding hydrogens is 248 g/mol. The Morgan fingerprint density at radius 1 is 1.10 bits per heavy atom. The molecule has 3 heteroatoms. The molecule has 20 heavy (non-hydrogen) atoms. The lowest BCUT2D eigenvalue weighted by atomic mass is 10.1. The molecule has 3 nitrogen and oxygen atoms in total. The van der Waals surface area contributed by atoms with Gasteiger partial charge in [-0.25, -0.2) is 0 Å². The fraction of sp³-hybridized carbons (Fsp3) is 0.588. The van der Waals surface area contributed by atoms with Crippen LogP contribution in [-0.2, 0) is 4.79 Å². The molecule has 0 unspecified atom stereocenters. The van der Waals surface area contributed by atoms with Crippen molar-refractivity contribution in [3.05, 3.63) is 29.3 Å². The van der Waals surface area contributed by atoms with E-state index in [-0.39, 0.29) is 11.9 Å². The summed E-state index contributed by atoms with van der Waals surface area (Å²) in [6.45, 7) is 8.41. The number of para-hydroxylation sites is 1. The van der Waals surface area contributed by atoms with E-state index < -0.39 is 0 Å². The number of quaternary nitrogens is 1. The number of hydrogen-bond acceptors (Lipinski definition) is 1. The predicted molar refractivity (Wildman–Crippen MR) is 83.2 cm³/mol. The molecule has 1 aliphatic heterocycles. The number of amides is 1. The number of nitrogens with one attached hydrogen (secondary N) is 2. The first-order valence-corrected chi connectivity index (χ1v) is 7.81. The monoisotopic (exact) mass is 275 g/mol. The normalized spacial score (nSPS) is 18.4. The Morgan fingerprint density at radius 2 is 1.65 bits per heavy atom. The molecule has 2 N–H and O–H groups in total. The third kappa shape index (κ3) is 3.60. The van der Waals surface area contributed by atoms with Gasteiger partial charge in [0.2, 0.25) is 0 Å². The molecule has 1 aliphatic rings. The fourth-order valence-corrected chi connectivity index (χ4v) is 3.04. The summed E-state index contributed by atoms with van der Waals surface area (Å²) in [5, 5.41) is 3.14. The summed E-state index contributed by atoms with van der Waals surface area (Å²) >= 11 is 0. The fourth-order valence-electron chi connectivity index (χ4n) is 3.04. The molecule has 0 saturated carbocycles. The Hall–Kier alpha value is -1.35. The van der Waals surface area contributed by atoms with Gasteiger partial charge in [0.15, 0.2) is 6.04 Å². The Balaban J connectivity index is 2.03. The summed E-state index contributed by atoms with van der Waals surface area (Å²) in [4.78, 5) is 13.9. The van der Waals surface area contributed by atoms with Gasteiger partial charge in [-0.05, 0) is 57.6 Å². The number of anilines is 1. The topological polar surface area (TPSA) is 33.5 Å². The Labute approximate surface area is 122 Å². The van der Waals surface area contributed by atoms with Crippen LogP contribution in [0.3, 0.4) is 0 Å². The highest BCUT2D eigenvalue weighted by atomic mass is 16.2. The van der Waals surface area contributed by atoms with Crippen molar-refractivity contribution in [1.29, 1.82) is 0 Å². The third-order valence-electron chi connectivity index (χ3n) is 4.48. The molecule has 1 aromatic rings. The number of hydrogen-bond donors (Lipinski definition) is 2. The highest BCUT2D eigenvalue weighted by molar-refractivity contribution is 5.95. The van der Waals surface area contributed by atoms with E-state index in [1.54, 1.807) is 0 Å². The zero-order chi connectivity index (χ0) is 14.5. The Morgan fingerprint density at radius 3 is 2.20 bits per heavy atom. The van der Waals surface area contributed by atoms with Gasteiger partial charge >= 0.3 is 0 Å². The zero-order valence-corrected chi connectivity index (χ0v) is 13.0. The molecule has 1 fully saturated rings. The zero-order valence-electron chi connectivity index (χ0n) is 13.0. The summed E-state index contributed by atoms with van der Waals surface area (Å²) in [6.07, 6.45) is 5.12. The molecule has 1 heterocycles. The SMILES string of the molecule is Cc1cccc(C)c1NC(=O)[C@@H](C)[NH+]1CCCCCC1. The van der Waals surface area contributed by atoms with E-state index in [4.69, 9.17) is 0 Å². The van der Waals surface area contributed by atoms with Gasteiger partial charge < -0.3 is 10.2 Å². The lowest BCUT2D eigenvalue weighted by Crippen LogP contribution is -3.16. The van der Waals surface area contributed by atoms with Gasteiger partial charge in [0.05, 0.1) is 13.1 Å². The third-order valence-corrected chi connectivity index (χ3v) is 4.48. The molecule has 0 aromatic heterocycles. The van der Waals surface area contributed by atoms with Crippen LogP contribution in [0.1, 0.15) is 43.7 Å². The van der Waals surface area contributed by atoms with Crippen LogP contribution in [0.4, 0.5) is 5.69 Å². The summed E-state index contributed by atoms with van der Waals surface area (Å²) in [7, 11) is 0. The number of likely N-dealkylation sites (tertiary alicyclic amines) is 1. The lowest BCUT2D eigenvalue weighted by Gasteiger charge is -2.24. The van der Waals surface area contributed by atoms with E-state index in [0.717, 1.165) is 29.9 Å². The molecule has 1 amide bonds. The number of carbonyl (C=O) groups excluding carboxylic acids is 1. The summed E-state index contributed by atoms with van der Waals surface area (Å²) in [5.41, 5.74) is 3.26. The van der Waals surface area contributed by atoms with E-state index in [9.17, 15) is 4.79 Å². The van der Waals surface area contributed by atoms with Crippen LogP contribution >= 0.6 is 0 Å². The van der Waals surface area contributed by atoms with Gasteiger partial charge in [0, 0.05) is 5.69 Å². The van der Waals surface area contributed by atoms with Gasteiger partial charge in [-0.3, -0.25) is 4.79 Å². The van der Waals surface area contributed by atoms with Crippen molar-refractivity contribution in [2.75, 3.05) is 18.4 Å². The van der Waals surface area contributed by atoms with E-state index >= 15 is 0 Å². The summed E-state index contributed by atoms with van der Waals surface area (Å²) in [6, 6.07) is 6.16. The van der Waals surface area contributed by atoms with E-state index in [1.165, 1.54) is 30.6 Å². The van der Waals surface area contributed by atoms with Crippen molar-refractivity contribution in [2.24, 2.45) is 0 Å². The van der Waals surface area contributed by atoms with Crippen molar-refractivity contribution in [3.8, 4) is 0 Å². The summed E-state index contributed by atoms with van der Waals surface area (Å²) in [5.74, 6) is 0.152. The minimum atomic E-state index is 0.0344. The van der Waals surface area contributed by atoms with E-state index in [0.29, 0.717) is 0 Å². The van der Waals surface area contributed by atoms with E-state index in [1.807, 2.05) is 32.0 Å². The molecule has 1 aromatic carbocycles. The van der Waals surface area contributed by atoms with Crippen LogP contribution in [0.2, 0.25) is 0 Å². The standard InChI is InChI=1S/C17H26N2O/c1-13-9-8-10-14(2)16(13)18-17(20)15(3)19-11-6-4-5-7-12-19/h8-10,15H,4-7,11-12H2,1-3H3,(H,18,20)/p+1/t15-/m1/s1. The molecule has 110 valence electrons. The van der Waals surface area contributed by atoms with Crippen molar-refractivity contribution >= 4 is 11.6 Å². The number of aryl methyl sites for hydroxylation is 2. The first-order chi connectivity index (χ1) is 9.59. The Bertz CT molecular complexity index is 442. The minimum Gasteiger partial charge on any atom is -0.325 e. The van der Waals surface area contributed by atoms with Gasteiger partial charge in [-0.2, -0.15) is 0 Å². The minimum absolute atomic E-state index is 0.0344. The van der Waals surface area contributed by atoms with Gasteiger partial charge in [-0.1, -0.05) is 18.2 Å². The van der Waals surface area contributed by atoms with Gasteiger partial charge in [-0.15, -0.1) is 0 Å². The van der Waals surface area contributed by atoms with Crippen LogP contribution in [0, 0.1) is 13.8 Å². The highest BCUT2D eigenvalue weighted by Crippen LogP contribution is 2.19. The first kappa shape index (κ1) is 15.0. The second-order valence-corrected chi connectivity index (χ2v) is 6.05. The molecule has 1 atom stereocenters. The Kier molecular flexibility index (Phi) is 5.18. The lowest BCUT2D eigenvalue weighted by molar-refractivity contribution is -0.913. The number of rotatable bonds is 3. The largest absolute Gasteiger partial charge is 0.325 e. The number of benzene rings is 1. The highest BCUT2D eigenvalue weighted by Gasteiger charge is 2.26. The van der Waals surface area contributed by atoms with Gasteiger partial charge in [0.25, 0.3) is 5.91 Å².